The van der Waals surface area contributed by atoms with Crippen molar-refractivity contribution >= 4 is 17.4 Å². The van der Waals surface area contributed by atoms with Gasteiger partial charge in [-0.1, -0.05) is 49.6 Å². The van der Waals surface area contributed by atoms with Crippen LogP contribution in [0.3, 0.4) is 0 Å². The molecule has 1 fully saturated rings. The van der Waals surface area contributed by atoms with Gasteiger partial charge in [0.15, 0.2) is 0 Å². The Morgan fingerprint density at radius 1 is 1.06 bits per heavy atom. The minimum Gasteiger partial charge on any atom is -0.381 e. The molecule has 100 valence electrons. The van der Waals surface area contributed by atoms with E-state index in [9.17, 15) is 8.78 Å². The quantitative estimate of drug-likeness (QED) is 0.601. The number of thioether (sulfide) groups is 1. The summed E-state index contributed by atoms with van der Waals surface area (Å²) in [5, 5.41) is 3.44. The third kappa shape index (κ3) is 4.16. The Morgan fingerprint density at radius 2 is 1.72 bits per heavy atom. The summed E-state index contributed by atoms with van der Waals surface area (Å²) in [6, 6.07) is 7.80. The van der Waals surface area contributed by atoms with Crippen LogP contribution in [0.2, 0.25) is 0 Å². The normalized spacial score (nSPS) is 17.7. The van der Waals surface area contributed by atoms with Crippen molar-refractivity contribution in [3.05, 3.63) is 24.3 Å². The maximum Gasteiger partial charge on any atom is 0.288 e. The van der Waals surface area contributed by atoms with Crippen molar-refractivity contribution in [1.29, 1.82) is 0 Å². The maximum absolute atomic E-state index is 12.5. The van der Waals surface area contributed by atoms with Crippen molar-refractivity contribution < 1.29 is 8.78 Å². The monoisotopic (exact) mass is 271 g/mol. The molecule has 1 aliphatic rings. The van der Waals surface area contributed by atoms with Gasteiger partial charge in [0.1, 0.15) is 0 Å². The van der Waals surface area contributed by atoms with Crippen molar-refractivity contribution in [3.8, 4) is 0 Å². The van der Waals surface area contributed by atoms with Crippen molar-refractivity contribution in [2.75, 3.05) is 5.32 Å². The second-order valence-electron chi connectivity index (χ2n) is 4.71. The fourth-order valence-corrected chi connectivity index (χ4v) is 3.03. The summed E-state index contributed by atoms with van der Waals surface area (Å²) < 4.78 is 25.0. The van der Waals surface area contributed by atoms with E-state index in [-0.39, 0.29) is 0 Å². The van der Waals surface area contributed by atoms with Crippen molar-refractivity contribution in [2.45, 2.75) is 55.2 Å². The van der Waals surface area contributed by atoms with E-state index >= 15 is 0 Å². The molecule has 1 aromatic rings. The number of anilines is 1. The van der Waals surface area contributed by atoms with Crippen LogP contribution < -0.4 is 5.32 Å². The number of hydrogen-bond acceptors (Lipinski definition) is 2. The second kappa shape index (κ2) is 6.98. The van der Waals surface area contributed by atoms with E-state index in [1.165, 1.54) is 25.7 Å². The van der Waals surface area contributed by atoms with Crippen LogP contribution >= 0.6 is 11.8 Å². The summed E-state index contributed by atoms with van der Waals surface area (Å²) in [5.74, 6) is -2.36. The zero-order valence-electron chi connectivity index (χ0n) is 10.4. The molecule has 1 aromatic carbocycles. The van der Waals surface area contributed by atoms with Gasteiger partial charge in [-0.05, 0) is 25.0 Å². The fourth-order valence-electron chi connectivity index (χ4n) is 2.43. The lowest BCUT2D eigenvalue weighted by Gasteiger charge is -2.19. The summed E-state index contributed by atoms with van der Waals surface area (Å²) in [6.07, 6.45) is 7.36. The first-order valence-electron chi connectivity index (χ1n) is 6.56. The second-order valence-corrected chi connectivity index (χ2v) is 5.74. The molecular formula is C14H19F2NS. The van der Waals surface area contributed by atoms with Crippen LogP contribution in [0.4, 0.5) is 14.5 Å². The molecule has 1 aliphatic carbocycles. The van der Waals surface area contributed by atoms with Gasteiger partial charge in [-0.25, -0.2) is 0 Å². The van der Waals surface area contributed by atoms with Gasteiger partial charge >= 0.3 is 0 Å². The zero-order valence-corrected chi connectivity index (χ0v) is 11.2. The van der Waals surface area contributed by atoms with Crippen LogP contribution in [0, 0.1) is 0 Å². The average Bonchev–Trinajstić information content (AvgIpc) is 2.60. The molecule has 0 aliphatic heterocycles. The van der Waals surface area contributed by atoms with Gasteiger partial charge in [0.25, 0.3) is 5.76 Å². The highest BCUT2D eigenvalue weighted by Gasteiger charge is 2.15. The van der Waals surface area contributed by atoms with Crippen molar-refractivity contribution in [2.24, 2.45) is 0 Å². The molecule has 0 atom stereocenters. The van der Waals surface area contributed by atoms with Gasteiger partial charge in [0.2, 0.25) is 0 Å². The molecule has 0 bridgehead atoms. The Kier molecular flexibility index (Phi) is 5.29. The number of para-hydroxylation sites is 1. The fraction of sp³-hybridized carbons (Fsp3) is 0.571. The lowest BCUT2D eigenvalue weighted by Crippen LogP contribution is -2.18. The van der Waals surface area contributed by atoms with E-state index in [4.69, 9.17) is 0 Å². The largest absolute Gasteiger partial charge is 0.381 e. The van der Waals surface area contributed by atoms with E-state index in [2.05, 4.69) is 5.32 Å². The van der Waals surface area contributed by atoms with Gasteiger partial charge in [-0.2, -0.15) is 8.78 Å². The highest BCUT2D eigenvalue weighted by molar-refractivity contribution is 7.99. The van der Waals surface area contributed by atoms with E-state index in [1.54, 1.807) is 6.07 Å². The first-order chi connectivity index (χ1) is 8.75. The molecule has 18 heavy (non-hydrogen) atoms. The predicted molar refractivity (Wildman–Crippen MR) is 73.4 cm³/mol. The minimum atomic E-state index is -2.36. The molecule has 1 N–H and O–H groups in total. The van der Waals surface area contributed by atoms with Crippen LogP contribution in [0.5, 0.6) is 0 Å². The Balaban J connectivity index is 2.02. The van der Waals surface area contributed by atoms with E-state index in [0.29, 0.717) is 22.7 Å². The van der Waals surface area contributed by atoms with E-state index in [0.717, 1.165) is 18.5 Å². The Bertz CT molecular complexity index is 363. The van der Waals surface area contributed by atoms with Gasteiger partial charge in [-0.15, -0.1) is 0 Å². The number of halogens is 2. The molecule has 0 amide bonds. The topological polar surface area (TPSA) is 12.0 Å². The molecule has 0 heterocycles. The third-order valence-electron chi connectivity index (χ3n) is 3.32. The van der Waals surface area contributed by atoms with Gasteiger partial charge in [0.05, 0.1) is 0 Å². The Labute approximate surface area is 111 Å². The van der Waals surface area contributed by atoms with E-state index in [1.807, 2.05) is 18.2 Å². The summed E-state index contributed by atoms with van der Waals surface area (Å²) >= 11 is 0.623. The molecule has 0 radical (unpaired) electrons. The highest BCUT2D eigenvalue weighted by atomic mass is 32.2. The summed E-state index contributed by atoms with van der Waals surface area (Å²) in [7, 11) is 0. The Hall–Kier alpha value is -0.770. The molecule has 0 unspecified atom stereocenters. The molecule has 2 rings (SSSR count). The minimum absolute atomic E-state index is 0.437. The van der Waals surface area contributed by atoms with Crippen molar-refractivity contribution in [3.63, 3.8) is 0 Å². The zero-order chi connectivity index (χ0) is 12.8. The van der Waals surface area contributed by atoms with Crippen LogP contribution in [-0.4, -0.2) is 11.8 Å². The van der Waals surface area contributed by atoms with Gasteiger partial charge < -0.3 is 5.32 Å². The predicted octanol–water partition coefficient (Wildman–Crippen LogP) is 5.14. The molecule has 0 spiro atoms. The number of hydrogen-bond donors (Lipinski definition) is 1. The van der Waals surface area contributed by atoms with Crippen LogP contribution in [0.1, 0.15) is 38.5 Å². The highest BCUT2D eigenvalue weighted by Crippen LogP contribution is 2.33. The van der Waals surface area contributed by atoms with Gasteiger partial charge in [0, 0.05) is 16.6 Å². The Morgan fingerprint density at radius 3 is 2.39 bits per heavy atom. The molecule has 4 heteroatoms. The summed E-state index contributed by atoms with van der Waals surface area (Å²) in [4.78, 5) is 0.650. The molecular weight excluding hydrogens is 252 g/mol. The standard InChI is InChI=1S/C14H19F2NS/c15-14(16)18-13-10-6-5-9-12(13)17-11-7-3-1-2-4-8-11/h5-6,9-11,14,17H,1-4,7-8H2. The molecule has 0 aromatic heterocycles. The third-order valence-corrected chi connectivity index (χ3v) is 4.11. The smallest absolute Gasteiger partial charge is 0.288 e. The maximum atomic E-state index is 12.5. The van der Waals surface area contributed by atoms with Crippen LogP contribution in [0.15, 0.2) is 29.2 Å². The molecule has 0 saturated heterocycles. The molecule has 1 saturated carbocycles. The van der Waals surface area contributed by atoms with Gasteiger partial charge in [-0.3, -0.25) is 0 Å². The number of nitrogens with one attached hydrogen (secondary N) is 1. The average molecular weight is 271 g/mol. The lowest BCUT2D eigenvalue weighted by molar-refractivity contribution is 0.252. The SMILES string of the molecule is FC(F)Sc1ccccc1NC1CCCCCC1. The summed E-state index contributed by atoms with van der Waals surface area (Å²) in [5.41, 5.74) is 0.856. The number of alkyl halides is 2. The first kappa shape index (κ1) is 13.7. The first-order valence-corrected chi connectivity index (χ1v) is 7.44. The van der Waals surface area contributed by atoms with Crippen LogP contribution in [-0.2, 0) is 0 Å². The number of benzene rings is 1. The number of rotatable bonds is 4. The van der Waals surface area contributed by atoms with E-state index < -0.39 is 5.76 Å². The summed E-state index contributed by atoms with van der Waals surface area (Å²) in [6.45, 7) is 0. The van der Waals surface area contributed by atoms with Crippen molar-refractivity contribution in [1.82, 2.24) is 0 Å². The van der Waals surface area contributed by atoms with Crippen LogP contribution in [0.25, 0.3) is 0 Å². The molecule has 1 nitrogen and oxygen atoms in total. The lowest BCUT2D eigenvalue weighted by atomic mass is 10.1.